The number of aryl methyl sites for hydroxylation is 1. The van der Waals surface area contributed by atoms with Gasteiger partial charge in [-0.2, -0.15) is 0 Å². The highest BCUT2D eigenvalue weighted by Crippen LogP contribution is 2.59. The smallest absolute Gasteiger partial charge is 0.354 e. The van der Waals surface area contributed by atoms with Crippen molar-refractivity contribution in [3.63, 3.8) is 0 Å². The molecule has 1 unspecified atom stereocenters. The molecule has 1 N–H and O–H groups in total. The topological polar surface area (TPSA) is 102 Å². The van der Waals surface area contributed by atoms with Crippen LogP contribution in [0.1, 0.15) is 129 Å². The number of carboxylic acids is 1. The number of hydrogen-bond acceptors (Lipinski definition) is 7. The van der Waals surface area contributed by atoms with E-state index in [9.17, 15) is 9.90 Å². The van der Waals surface area contributed by atoms with Crippen LogP contribution in [0.4, 0.5) is 5.95 Å². The van der Waals surface area contributed by atoms with Crippen LogP contribution in [0.2, 0.25) is 0 Å². The van der Waals surface area contributed by atoms with Crippen molar-refractivity contribution < 1.29 is 19.2 Å². The van der Waals surface area contributed by atoms with Crippen molar-refractivity contribution in [3.8, 4) is 0 Å². The van der Waals surface area contributed by atoms with Crippen molar-refractivity contribution >= 4 is 11.9 Å². The van der Waals surface area contributed by atoms with Crippen LogP contribution < -0.4 is 4.90 Å². The highest BCUT2D eigenvalue weighted by Gasteiger charge is 2.46. The summed E-state index contributed by atoms with van der Waals surface area (Å²) in [7, 11) is 0. The fraction of sp³-hybridized carbons (Fsp3) is 0.724. The molecule has 2 aromatic heterocycles. The third-order valence-corrected chi connectivity index (χ3v) is 9.41. The summed E-state index contributed by atoms with van der Waals surface area (Å²) in [5, 5.41) is 14.1. The van der Waals surface area contributed by atoms with Gasteiger partial charge in [0.25, 0.3) is 0 Å². The lowest BCUT2D eigenvalue weighted by Crippen LogP contribution is -2.38. The van der Waals surface area contributed by atoms with E-state index in [0.29, 0.717) is 48.1 Å². The summed E-state index contributed by atoms with van der Waals surface area (Å²) in [5.41, 5.74) is 3.80. The first kappa shape index (κ1) is 24.8. The molecular formula is C29H40N4O4. The third-order valence-electron chi connectivity index (χ3n) is 9.41. The second kappa shape index (κ2) is 10.0. The van der Waals surface area contributed by atoms with E-state index in [0.717, 1.165) is 31.4 Å². The Morgan fingerprint density at radius 2 is 1.84 bits per heavy atom. The number of carboxylic acid groups (broad SMARTS) is 1. The van der Waals surface area contributed by atoms with Gasteiger partial charge in [-0.15, -0.1) is 0 Å². The van der Waals surface area contributed by atoms with Gasteiger partial charge in [-0.3, -0.25) is 0 Å². The van der Waals surface area contributed by atoms with Crippen LogP contribution >= 0.6 is 0 Å². The molecule has 0 bridgehead atoms. The van der Waals surface area contributed by atoms with Gasteiger partial charge in [0.15, 0.2) is 5.69 Å². The Balaban J connectivity index is 1.11. The molecule has 1 saturated heterocycles. The SMILES string of the molecule is CCC1CC[C@@H](CCOCc2c(C3CCC4(CC3)CC4)noc2C2CC2)N1c1nc(C)cc(C(=O)O)n1. The number of hydrogen-bond donors (Lipinski definition) is 1. The van der Waals surface area contributed by atoms with E-state index in [2.05, 4.69) is 26.9 Å². The Kier molecular flexibility index (Phi) is 6.72. The van der Waals surface area contributed by atoms with E-state index in [1.807, 2.05) is 6.92 Å². The zero-order valence-electron chi connectivity index (χ0n) is 22.2. The molecule has 2 aromatic rings. The molecule has 3 aliphatic carbocycles. The van der Waals surface area contributed by atoms with Crippen LogP contribution in [0.3, 0.4) is 0 Å². The molecule has 200 valence electrons. The Bertz CT molecular complexity index is 1130. The molecule has 3 heterocycles. The first-order valence-corrected chi connectivity index (χ1v) is 14.4. The van der Waals surface area contributed by atoms with Crippen molar-refractivity contribution in [1.82, 2.24) is 15.1 Å². The van der Waals surface area contributed by atoms with Gasteiger partial charge in [-0.05, 0) is 95.5 Å². The van der Waals surface area contributed by atoms with Crippen molar-refractivity contribution in [2.45, 2.75) is 121 Å². The predicted octanol–water partition coefficient (Wildman–Crippen LogP) is 6.14. The van der Waals surface area contributed by atoms with Crippen LogP contribution in [-0.4, -0.2) is 44.9 Å². The Labute approximate surface area is 219 Å². The molecule has 37 heavy (non-hydrogen) atoms. The van der Waals surface area contributed by atoms with E-state index < -0.39 is 5.97 Å². The van der Waals surface area contributed by atoms with Gasteiger partial charge >= 0.3 is 5.97 Å². The van der Waals surface area contributed by atoms with Gasteiger partial charge in [-0.25, -0.2) is 14.8 Å². The minimum Gasteiger partial charge on any atom is -0.477 e. The number of carbonyl (C=O) groups is 1. The summed E-state index contributed by atoms with van der Waals surface area (Å²) in [6.45, 7) is 5.21. The first-order chi connectivity index (χ1) is 18.0. The highest BCUT2D eigenvalue weighted by molar-refractivity contribution is 5.85. The maximum Gasteiger partial charge on any atom is 0.354 e. The van der Waals surface area contributed by atoms with Crippen LogP contribution in [-0.2, 0) is 11.3 Å². The van der Waals surface area contributed by atoms with Gasteiger partial charge in [0, 0.05) is 41.8 Å². The average Bonchev–Trinajstić information content (AvgIpc) is 3.80. The number of ether oxygens (including phenoxy) is 1. The lowest BCUT2D eigenvalue weighted by molar-refractivity contribution is 0.0690. The molecular weight excluding hydrogens is 468 g/mol. The fourth-order valence-corrected chi connectivity index (χ4v) is 6.79. The Morgan fingerprint density at radius 3 is 2.51 bits per heavy atom. The second-order valence-corrected chi connectivity index (χ2v) is 12.0. The van der Waals surface area contributed by atoms with Crippen molar-refractivity contribution in [2.75, 3.05) is 11.5 Å². The van der Waals surface area contributed by atoms with E-state index in [-0.39, 0.29) is 11.7 Å². The summed E-state index contributed by atoms with van der Waals surface area (Å²) in [6, 6.07) is 2.10. The second-order valence-electron chi connectivity index (χ2n) is 12.0. The number of rotatable bonds is 10. The number of nitrogens with zero attached hydrogens (tertiary/aromatic N) is 4. The number of anilines is 1. The van der Waals surface area contributed by atoms with Crippen molar-refractivity contribution in [3.05, 3.63) is 34.5 Å². The molecule has 8 nitrogen and oxygen atoms in total. The molecule has 1 spiro atoms. The molecule has 1 aliphatic heterocycles. The molecule has 2 atom stereocenters. The predicted molar refractivity (Wildman–Crippen MR) is 139 cm³/mol. The van der Waals surface area contributed by atoms with Gasteiger partial charge < -0.3 is 19.3 Å². The summed E-state index contributed by atoms with van der Waals surface area (Å²) >= 11 is 0. The zero-order valence-corrected chi connectivity index (χ0v) is 22.2. The zero-order chi connectivity index (χ0) is 25.6. The standard InChI is InChI=1S/C29H40N4O4/c1-3-21-6-7-22(33(21)28-30-18(2)16-24(31-28)27(34)35)10-15-36-17-23-25(32-37-26(23)20-4-5-20)19-8-11-29(12-9-19)13-14-29/h16,19-22H,3-15,17H2,1-2H3,(H,34,35)/t21?,22-/m0/s1. The molecule has 0 radical (unpaired) electrons. The molecule has 4 aliphatic rings. The molecule has 4 fully saturated rings. The van der Waals surface area contributed by atoms with Gasteiger partial charge in [0.05, 0.1) is 12.3 Å². The van der Waals surface area contributed by atoms with Gasteiger partial charge in [0.1, 0.15) is 5.76 Å². The van der Waals surface area contributed by atoms with E-state index >= 15 is 0 Å². The normalized spacial score (nSPS) is 25.2. The highest BCUT2D eigenvalue weighted by atomic mass is 16.5. The molecule has 8 heteroatoms. The minimum atomic E-state index is -1.01. The fourth-order valence-electron chi connectivity index (χ4n) is 6.79. The van der Waals surface area contributed by atoms with Crippen molar-refractivity contribution in [1.29, 1.82) is 0 Å². The lowest BCUT2D eigenvalue weighted by atomic mass is 9.77. The van der Waals surface area contributed by atoms with E-state index in [4.69, 9.17) is 9.26 Å². The maximum atomic E-state index is 11.6. The Hall–Kier alpha value is -2.48. The molecule has 0 amide bonds. The number of aromatic nitrogens is 3. The molecule has 0 aromatic carbocycles. The summed E-state index contributed by atoms with van der Waals surface area (Å²) in [4.78, 5) is 22.9. The van der Waals surface area contributed by atoms with Crippen molar-refractivity contribution in [2.24, 2.45) is 5.41 Å². The molecule has 3 saturated carbocycles. The minimum absolute atomic E-state index is 0.0576. The quantitative estimate of drug-likeness (QED) is 0.382. The van der Waals surface area contributed by atoms with E-state index in [1.54, 1.807) is 0 Å². The lowest BCUT2D eigenvalue weighted by Gasteiger charge is -2.30. The first-order valence-electron chi connectivity index (χ1n) is 14.4. The van der Waals surface area contributed by atoms with Crippen LogP contribution in [0, 0.1) is 12.3 Å². The summed E-state index contributed by atoms with van der Waals surface area (Å²) in [6.07, 6.45) is 14.3. The Morgan fingerprint density at radius 1 is 1.08 bits per heavy atom. The number of aromatic carboxylic acids is 1. The maximum absolute atomic E-state index is 11.6. The summed E-state index contributed by atoms with van der Waals surface area (Å²) < 4.78 is 12.2. The van der Waals surface area contributed by atoms with Crippen LogP contribution in [0.15, 0.2) is 10.6 Å². The average molecular weight is 509 g/mol. The van der Waals surface area contributed by atoms with E-state index in [1.165, 1.54) is 68.7 Å². The largest absolute Gasteiger partial charge is 0.477 e. The monoisotopic (exact) mass is 508 g/mol. The molecule has 6 rings (SSSR count). The third kappa shape index (κ3) is 5.14. The van der Waals surface area contributed by atoms with Crippen LogP contribution in [0.25, 0.3) is 0 Å². The van der Waals surface area contributed by atoms with Gasteiger partial charge in [0.2, 0.25) is 5.95 Å². The van der Waals surface area contributed by atoms with Crippen LogP contribution in [0.5, 0.6) is 0 Å². The summed E-state index contributed by atoms with van der Waals surface area (Å²) in [5.74, 6) is 1.63. The van der Waals surface area contributed by atoms with Gasteiger partial charge in [-0.1, -0.05) is 12.1 Å².